The maximum atomic E-state index is 4.83. The largest absolute Gasteiger partial charge is 2.00 e. The Kier molecular flexibility index (Phi) is 19.5. The smallest absolute Gasteiger partial charge is 2.00 e. The number of rotatable bonds is 2. The fourth-order valence-electron chi connectivity index (χ4n) is 1.13. The SMILES string of the molecule is CN(C)C[C]1[C-][CH][CH][CH]1.[CH]1[CH][CH][CH][CH]1.[Cl][Hg+].[Fe+2]. The van der Waals surface area contributed by atoms with Crippen molar-refractivity contribution in [1.82, 2.24) is 4.90 Å². The molecule has 0 bridgehead atoms. The van der Waals surface area contributed by atoms with Crippen LogP contribution in [0.2, 0.25) is 0 Å². The van der Waals surface area contributed by atoms with Crippen LogP contribution in [0, 0.1) is 63.7 Å². The standard InChI is InChI=1S/C8H11N.C5H5.ClH.Fe.Hg/c1-9(2)7-8-5-3-4-6-8;1-2-4-5-3-1;;;/h3-5H,7H2,1-2H3;1-5H;1H;;/q-1;;;2*+2/p-1. The van der Waals surface area contributed by atoms with E-state index >= 15 is 0 Å². The summed E-state index contributed by atoms with van der Waals surface area (Å²) in [6.07, 6.45) is 19.2. The van der Waals surface area contributed by atoms with Crippen LogP contribution in [0.4, 0.5) is 0 Å². The first-order valence-corrected chi connectivity index (χ1v) is 11.8. The van der Waals surface area contributed by atoms with E-state index in [-0.39, 0.29) is 17.1 Å². The van der Waals surface area contributed by atoms with Crippen molar-refractivity contribution in [1.29, 1.82) is 0 Å². The van der Waals surface area contributed by atoms with Gasteiger partial charge in [0.15, 0.2) is 0 Å². The topological polar surface area (TPSA) is 3.24 Å². The number of hydrogen-bond donors (Lipinski definition) is 0. The van der Waals surface area contributed by atoms with Gasteiger partial charge in [-0.1, -0.05) is 12.8 Å². The van der Waals surface area contributed by atoms with Crippen LogP contribution < -0.4 is 0 Å². The van der Waals surface area contributed by atoms with Crippen molar-refractivity contribution in [2.24, 2.45) is 0 Å². The summed E-state index contributed by atoms with van der Waals surface area (Å²) in [6, 6.07) is 0. The molecule has 0 aromatic carbocycles. The van der Waals surface area contributed by atoms with Crippen LogP contribution in [-0.4, -0.2) is 25.5 Å². The van der Waals surface area contributed by atoms with Crippen LogP contribution in [0.5, 0.6) is 0 Å². The maximum absolute atomic E-state index is 4.83. The summed E-state index contributed by atoms with van der Waals surface area (Å²) < 4.78 is 0. The van der Waals surface area contributed by atoms with Gasteiger partial charge in [0, 0.05) is 0 Å². The van der Waals surface area contributed by atoms with E-state index in [9.17, 15) is 0 Å². The zero-order chi connectivity index (χ0) is 12.2. The molecule has 2 aliphatic carbocycles. The molecule has 17 heavy (non-hydrogen) atoms. The second kappa shape index (κ2) is 15.8. The van der Waals surface area contributed by atoms with Crippen molar-refractivity contribution in [3.05, 3.63) is 63.7 Å². The maximum Gasteiger partial charge on any atom is 2.00 e. The summed E-state index contributed by atoms with van der Waals surface area (Å²) in [7, 11) is 8.95. The molecule has 0 aromatic rings. The zero-order valence-corrected chi connectivity index (χ0v) is 17.6. The Bertz CT molecular complexity index is 130. The minimum atomic E-state index is 0. The molecule has 10 radical (unpaired) electrons. The number of nitrogens with zero attached hydrogens (tertiary/aromatic N) is 1. The average Bonchev–Trinajstić information content (AvgIpc) is 2.94. The van der Waals surface area contributed by atoms with E-state index in [2.05, 4.69) is 31.8 Å². The number of hydrogen-bond acceptors (Lipinski definition) is 1. The van der Waals surface area contributed by atoms with Gasteiger partial charge in [-0.15, -0.1) is 0 Å². The van der Waals surface area contributed by atoms with Crippen molar-refractivity contribution < 1.29 is 42.0 Å². The molecule has 0 saturated heterocycles. The van der Waals surface area contributed by atoms with Crippen molar-refractivity contribution >= 4 is 8.25 Å². The first-order chi connectivity index (χ1) is 7.79. The summed E-state index contributed by atoms with van der Waals surface area (Å²) in [5, 5.41) is 0. The van der Waals surface area contributed by atoms with Crippen molar-refractivity contribution in [3.63, 3.8) is 0 Å². The van der Waals surface area contributed by atoms with E-state index in [4.69, 9.17) is 8.25 Å². The molecule has 2 rings (SSSR count). The molecule has 2 aliphatic rings. The van der Waals surface area contributed by atoms with E-state index in [1.807, 2.05) is 44.9 Å². The molecule has 1 nitrogen and oxygen atoms in total. The van der Waals surface area contributed by atoms with Gasteiger partial charge >= 0.3 is 50.2 Å². The third-order valence-corrected chi connectivity index (χ3v) is 1.70. The van der Waals surface area contributed by atoms with Crippen LogP contribution in [0.25, 0.3) is 0 Å². The van der Waals surface area contributed by atoms with E-state index in [1.165, 1.54) is 5.92 Å². The van der Waals surface area contributed by atoms with Gasteiger partial charge in [-0.3, -0.25) is 0 Å². The first kappa shape index (κ1) is 21.0. The number of halogens is 1. The Morgan fingerprint density at radius 1 is 1.06 bits per heavy atom. The Labute approximate surface area is 138 Å². The van der Waals surface area contributed by atoms with E-state index in [0.717, 1.165) is 6.54 Å². The van der Waals surface area contributed by atoms with E-state index in [0.29, 0.717) is 24.9 Å². The van der Waals surface area contributed by atoms with Gasteiger partial charge in [0.05, 0.1) is 0 Å². The van der Waals surface area contributed by atoms with Gasteiger partial charge in [0.2, 0.25) is 0 Å². The molecule has 0 N–H and O–H groups in total. The molecule has 2 saturated carbocycles. The molecular weight excluding hydrogens is 462 g/mol. The molecule has 0 spiro atoms. The molecule has 0 aromatic heterocycles. The minimum Gasteiger partial charge on any atom is 2.00 e. The zero-order valence-electron chi connectivity index (χ0n) is 10.2. The summed E-state index contributed by atoms with van der Waals surface area (Å²) in [6.45, 7) is 0.993. The van der Waals surface area contributed by atoms with Crippen LogP contribution in [0.1, 0.15) is 0 Å². The van der Waals surface area contributed by atoms with Gasteiger partial charge in [0.1, 0.15) is 0 Å². The van der Waals surface area contributed by atoms with Gasteiger partial charge < -0.3 is 11.3 Å². The molecule has 4 heteroatoms. The fraction of sp³-hybridized carbons (Fsp3) is 0.231. The summed E-state index contributed by atoms with van der Waals surface area (Å²) >= 11 is 0.500. The van der Waals surface area contributed by atoms with Gasteiger partial charge in [0.25, 0.3) is 0 Å². The van der Waals surface area contributed by atoms with Crippen molar-refractivity contribution in [2.45, 2.75) is 0 Å². The van der Waals surface area contributed by atoms with Crippen LogP contribution in [-0.2, 0) is 42.0 Å². The van der Waals surface area contributed by atoms with Gasteiger partial charge in [-0.05, 0) is 52.7 Å². The predicted octanol–water partition coefficient (Wildman–Crippen LogP) is 2.54. The Morgan fingerprint density at radius 3 is 1.82 bits per heavy atom. The molecule has 0 aliphatic heterocycles. The Balaban J connectivity index is 0. The molecule has 0 heterocycles. The van der Waals surface area contributed by atoms with E-state index in [1.54, 1.807) is 0 Å². The molecule has 2 fully saturated rings. The monoisotopic (exact) mass is 479 g/mol. The summed E-state index contributed by atoms with van der Waals surface area (Å²) in [5.74, 6) is 1.26. The van der Waals surface area contributed by atoms with Gasteiger partial charge in [-0.25, -0.2) is 6.42 Å². The van der Waals surface area contributed by atoms with Crippen LogP contribution in [0.15, 0.2) is 0 Å². The second-order valence-electron chi connectivity index (χ2n) is 3.40. The third kappa shape index (κ3) is 13.9. The van der Waals surface area contributed by atoms with Crippen LogP contribution >= 0.6 is 8.25 Å². The van der Waals surface area contributed by atoms with E-state index < -0.39 is 0 Å². The van der Waals surface area contributed by atoms with Gasteiger partial charge in [-0.2, -0.15) is 5.92 Å². The Morgan fingerprint density at radius 2 is 1.53 bits per heavy atom. The quantitative estimate of drug-likeness (QED) is 0.436. The third-order valence-electron chi connectivity index (χ3n) is 1.70. The second-order valence-corrected chi connectivity index (χ2v) is 3.40. The molecule has 0 unspecified atom stereocenters. The fourth-order valence-corrected chi connectivity index (χ4v) is 1.13. The van der Waals surface area contributed by atoms with Crippen molar-refractivity contribution in [2.75, 3.05) is 20.6 Å². The minimum absolute atomic E-state index is 0. The van der Waals surface area contributed by atoms with Crippen LogP contribution in [0.3, 0.4) is 0 Å². The average molecular weight is 478 g/mol. The Hall–Kier alpha value is 1.70. The normalized spacial score (nSPS) is 18.9. The first-order valence-electron chi connectivity index (χ1n) is 4.99. The van der Waals surface area contributed by atoms with Crippen molar-refractivity contribution in [3.8, 4) is 0 Å². The summed E-state index contributed by atoms with van der Waals surface area (Å²) in [5.41, 5.74) is 0. The molecule has 0 amide bonds. The predicted molar refractivity (Wildman–Crippen MR) is 65.3 cm³/mol. The molecule has 88 valence electrons. The summed E-state index contributed by atoms with van der Waals surface area (Å²) in [4.78, 5) is 2.13. The molecular formula is C13H16ClFeHgN+2. The molecule has 0 atom stereocenters.